The van der Waals surface area contributed by atoms with Crippen molar-refractivity contribution in [3.63, 3.8) is 0 Å². The Bertz CT molecular complexity index is 705. The summed E-state index contributed by atoms with van der Waals surface area (Å²) in [7, 11) is 5.45. The molecule has 0 saturated heterocycles. The lowest BCUT2D eigenvalue weighted by molar-refractivity contribution is 0.0939. The number of hydrogen-bond donors (Lipinski definition) is 2. The predicted octanol–water partition coefficient (Wildman–Crippen LogP) is 2.96. The van der Waals surface area contributed by atoms with E-state index in [1.807, 2.05) is 44.4 Å². The van der Waals surface area contributed by atoms with E-state index < -0.39 is 0 Å². The van der Waals surface area contributed by atoms with Gasteiger partial charge in [0.05, 0.1) is 29.4 Å². The van der Waals surface area contributed by atoms with Crippen molar-refractivity contribution in [1.29, 1.82) is 0 Å². The number of nitrogens with two attached hydrogens (primary N) is 1. The van der Waals surface area contributed by atoms with Gasteiger partial charge in [0, 0.05) is 12.6 Å². The Balaban J connectivity index is 2.16. The van der Waals surface area contributed by atoms with E-state index in [4.69, 9.17) is 22.1 Å². The molecule has 0 fully saturated rings. The summed E-state index contributed by atoms with van der Waals surface area (Å²) in [5.74, 6) is 0.145. The van der Waals surface area contributed by atoms with E-state index >= 15 is 0 Å². The van der Waals surface area contributed by atoms with Crippen molar-refractivity contribution in [3.8, 4) is 5.75 Å². The zero-order valence-corrected chi connectivity index (χ0v) is 14.8. The lowest BCUT2D eigenvalue weighted by Crippen LogP contribution is -2.34. The number of amides is 1. The third-order valence-electron chi connectivity index (χ3n) is 3.83. The topological polar surface area (TPSA) is 67.6 Å². The second-order valence-electron chi connectivity index (χ2n) is 5.67. The number of ether oxygens (including phenoxy) is 1. The SMILES string of the molecule is COc1cc(N)c(Cl)cc1C(=O)NCC(c1ccccc1)N(C)C. The van der Waals surface area contributed by atoms with Crippen molar-refractivity contribution in [2.24, 2.45) is 0 Å². The van der Waals surface area contributed by atoms with Gasteiger partial charge in [0.25, 0.3) is 5.91 Å². The highest BCUT2D eigenvalue weighted by atomic mass is 35.5. The predicted molar refractivity (Wildman–Crippen MR) is 97.6 cm³/mol. The van der Waals surface area contributed by atoms with Crippen LogP contribution in [0.5, 0.6) is 5.75 Å². The summed E-state index contributed by atoms with van der Waals surface area (Å²) >= 11 is 6.03. The number of nitrogen functional groups attached to an aromatic ring is 1. The maximum atomic E-state index is 12.5. The quantitative estimate of drug-likeness (QED) is 0.788. The number of nitrogens with one attached hydrogen (secondary N) is 1. The van der Waals surface area contributed by atoms with Crippen LogP contribution in [0, 0.1) is 0 Å². The van der Waals surface area contributed by atoms with Crippen molar-refractivity contribution in [3.05, 3.63) is 58.6 Å². The Hall–Kier alpha value is -2.24. The van der Waals surface area contributed by atoms with Gasteiger partial charge in [-0.2, -0.15) is 0 Å². The average Bonchev–Trinajstić information content (AvgIpc) is 2.57. The van der Waals surface area contributed by atoms with Crippen LogP contribution in [0.4, 0.5) is 5.69 Å². The molecule has 5 nitrogen and oxygen atoms in total. The minimum Gasteiger partial charge on any atom is -0.496 e. The van der Waals surface area contributed by atoms with Crippen LogP contribution in [-0.2, 0) is 0 Å². The Labute approximate surface area is 147 Å². The first kappa shape index (κ1) is 18.1. The second-order valence-corrected chi connectivity index (χ2v) is 6.08. The fourth-order valence-electron chi connectivity index (χ4n) is 2.47. The summed E-state index contributed by atoms with van der Waals surface area (Å²) in [6.07, 6.45) is 0. The van der Waals surface area contributed by atoms with Crippen LogP contribution < -0.4 is 15.8 Å². The molecule has 3 N–H and O–H groups in total. The number of hydrogen-bond acceptors (Lipinski definition) is 4. The van der Waals surface area contributed by atoms with Crippen molar-refractivity contribution in [2.75, 3.05) is 33.5 Å². The molecule has 0 radical (unpaired) electrons. The molecule has 0 aliphatic carbocycles. The van der Waals surface area contributed by atoms with Crippen LogP contribution in [0.1, 0.15) is 22.0 Å². The summed E-state index contributed by atoms with van der Waals surface area (Å²) in [6.45, 7) is 0.459. The van der Waals surface area contributed by atoms with Crippen LogP contribution >= 0.6 is 11.6 Å². The van der Waals surface area contributed by atoms with Crippen LogP contribution in [0.2, 0.25) is 5.02 Å². The molecule has 0 aliphatic rings. The summed E-state index contributed by atoms with van der Waals surface area (Å²) in [6, 6.07) is 13.2. The standard InChI is InChI=1S/C18H22ClN3O2/c1-22(2)16(12-7-5-4-6-8-12)11-21-18(23)13-9-14(19)15(20)10-17(13)24-3/h4-10,16H,11,20H2,1-3H3,(H,21,23). The first-order valence-corrected chi connectivity index (χ1v) is 7.94. The van der Waals surface area contributed by atoms with Gasteiger partial charge < -0.3 is 20.7 Å². The molecule has 0 bridgehead atoms. The van der Waals surface area contributed by atoms with Gasteiger partial charge in [0.1, 0.15) is 5.75 Å². The molecule has 0 saturated carbocycles. The number of carbonyl (C=O) groups is 1. The third-order valence-corrected chi connectivity index (χ3v) is 4.15. The molecule has 0 heterocycles. The fraction of sp³-hybridized carbons (Fsp3) is 0.278. The van der Waals surface area contributed by atoms with Gasteiger partial charge >= 0.3 is 0 Å². The van der Waals surface area contributed by atoms with Gasteiger partial charge in [-0.05, 0) is 25.7 Å². The van der Waals surface area contributed by atoms with Gasteiger partial charge in [0.2, 0.25) is 0 Å². The largest absolute Gasteiger partial charge is 0.496 e. The van der Waals surface area contributed by atoms with E-state index in [9.17, 15) is 4.79 Å². The zero-order chi connectivity index (χ0) is 17.7. The van der Waals surface area contributed by atoms with Gasteiger partial charge in [0.15, 0.2) is 0 Å². The number of anilines is 1. The van der Waals surface area contributed by atoms with Crippen LogP contribution in [-0.4, -0.2) is 38.6 Å². The summed E-state index contributed by atoms with van der Waals surface area (Å²) < 4.78 is 5.23. The Morgan fingerprint density at radius 1 is 1.29 bits per heavy atom. The highest BCUT2D eigenvalue weighted by Crippen LogP contribution is 2.29. The lowest BCUT2D eigenvalue weighted by atomic mass is 10.1. The number of rotatable bonds is 6. The molecule has 2 rings (SSSR count). The molecule has 0 aliphatic heterocycles. The average molecular weight is 348 g/mol. The van der Waals surface area contributed by atoms with Gasteiger partial charge in [-0.25, -0.2) is 0 Å². The molecule has 2 aromatic carbocycles. The molecule has 128 valence electrons. The first-order chi connectivity index (χ1) is 11.4. The molecule has 6 heteroatoms. The molecule has 24 heavy (non-hydrogen) atoms. The van der Waals surface area contributed by atoms with E-state index in [0.29, 0.717) is 28.6 Å². The summed E-state index contributed by atoms with van der Waals surface area (Å²) in [5, 5.41) is 3.27. The zero-order valence-electron chi connectivity index (χ0n) is 14.0. The highest BCUT2D eigenvalue weighted by Gasteiger charge is 2.18. The Morgan fingerprint density at radius 2 is 1.96 bits per heavy atom. The van der Waals surface area contributed by atoms with Crippen molar-refractivity contribution in [1.82, 2.24) is 10.2 Å². The van der Waals surface area contributed by atoms with Crippen molar-refractivity contribution >= 4 is 23.2 Å². The number of nitrogens with zero attached hydrogens (tertiary/aromatic N) is 1. The van der Waals surface area contributed by atoms with Crippen molar-refractivity contribution in [2.45, 2.75) is 6.04 Å². The van der Waals surface area contributed by atoms with Crippen LogP contribution in [0.15, 0.2) is 42.5 Å². The number of likely N-dealkylation sites (N-methyl/N-ethyl adjacent to an activating group) is 1. The van der Waals surface area contributed by atoms with Gasteiger partial charge in [-0.15, -0.1) is 0 Å². The maximum absolute atomic E-state index is 12.5. The normalized spacial score (nSPS) is 12.0. The van der Waals surface area contributed by atoms with Crippen LogP contribution in [0.25, 0.3) is 0 Å². The Morgan fingerprint density at radius 3 is 2.54 bits per heavy atom. The Kier molecular flexibility index (Phi) is 6.06. The number of benzene rings is 2. The number of carbonyl (C=O) groups excluding carboxylic acids is 1. The highest BCUT2D eigenvalue weighted by molar-refractivity contribution is 6.33. The fourth-order valence-corrected chi connectivity index (χ4v) is 2.64. The van der Waals surface area contributed by atoms with E-state index in [1.165, 1.54) is 13.2 Å². The lowest BCUT2D eigenvalue weighted by Gasteiger charge is -2.25. The molecule has 1 unspecified atom stereocenters. The number of methoxy groups -OCH3 is 1. The van der Waals surface area contributed by atoms with E-state index in [2.05, 4.69) is 10.2 Å². The van der Waals surface area contributed by atoms with Crippen molar-refractivity contribution < 1.29 is 9.53 Å². The van der Waals surface area contributed by atoms with Crippen LogP contribution in [0.3, 0.4) is 0 Å². The monoisotopic (exact) mass is 347 g/mol. The molecule has 1 amide bonds. The molecule has 2 aromatic rings. The van der Waals surface area contributed by atoms with E-state index in [-0.39, 0.29) is 11.9 Å². The smallest absolute Gasteiger partial charge is 0.255 e. The second kappa shape index (κ2) is 8.04. The molecule has 1 atom stereocenters. The summed E-state index contributed by atoms with van der Waals surface area (Å²) in [5.41, 5.74) is 7.62. The summed E-state index contributed by atoms with van der Waals surface area (Å²) in [4.78, 5) is 14.6. The minimum atomic E-state index is -0.253. The molecular formula is C18H22ClN3O2. The van der Waals surface area contributed by atoms with Gasteiger partial charge in [-0.3, -0.25) is 4.79 Å². The first-order valence-electron chi connectivity index (χ1n) is 7.56. The number of halogens is 1. The molecule has 0 aromatic heterocycles. The van der Waals surface area contributed by atoms with E-state index in [1.54, 1.807) is 6.07 Å². The third kappa shape index (κ3) is 4.19. The molecule has 0 spiro atoms. The molecular weight excluding hydrogens is 326 g/mol. The minimum absolute atomic E-state index is 0.0606. The maximum Gasteiger partial charge on any atom is 0.255 e. The van der Waals surface area contributed by atoms with E-state index in [0.717, 1.165) is 5.56 Å². The van der Waals surface area contributed by atoms with Gasteiger partial charge in [-0.1, -0.05) is 41.9 Å².